The molecule has 2 heteroatoms. The minimum absolute atomic E-state index is 0.636. The molecular formula is C16H23NO. The second-order valence-corrected chi connectivity index (χ2v) is 5.32. The van der Waals surface area contributed by atoms with Gasteiger partial charge in [0.25, 0.3) is 0 Å². The third kappa shape index (κ3) is 4.28. The summed E-state index contributed by atoms with van der Waals surface area (Å²) in [5.41, 5.74) is 2.70. The highest BCUT2D eigenvalue weighted by Gasteiger charge is 2.14. The molecule has 1 aromatic carbocycles. The van der Waals surface area contributed by atoms with Crippen LogP contribution in [-0.4, -0.2) is 37.7 Å². The Labute approximate surface area is 110 Å². The lowest BCUT2D eigenvalue weighted by Crippen LogP contribution is -2.30. The highest BCUT2D eigenvalue weighted by atomic mass is 16.5. The molecule has 0 radical (unpaired) electrons. The lowest BCUT2D eigenvalue weighted by Gasteiger charge is -2.21. The molecule has 1 heterocycles. The van der Waals surface area contributed by atoms with Crippen LogP contribution in [0.4, 0.5) is 0 Å². The maximum absolute atomic E-state index is 5.58. The van der Waals surface area contributed by atoms with Crippen LogP contribution in [0, 0.1) is 5.92 Å². The molecule has 1 aliphatic rings. The first-order valence-corrected chi connectivity index (χ1v) is 6.76. The largest absolute Gasteiger partial charge is 0.380 e. The van der Waals surface area contributed by atoms with Gasteiger partial charge in [0, 0.05) is 19.6 Å². The Morgan fingerprint density at radius 2 is 2.17 bits per heavy atom. The van der Waals surface area contributed by atoms with E-state index >= 15 is 0 Å². The van der Waals surface area contributed by atoms with Crippen LogP contribution < -0.4 is 0 Å². The van der Waals surface area contributed by atoms with Crippen molar-refractivity contribution in [2.45, 2.75) is 13.8 Å². The zero-order valence-corrected chi connectivity index (χ0v) is 11.4. The molecule has 0 amide bonds. The Morgan fingerprint density at radius 1 is 1.39 bits per heavy atom. The molecule has 2 rings (SSSR count). The smallest absolute Gasteiger partial charge is 0.0593 e. The summed E-state index contributed by atoms with van der Waals surface area (Å²) >= 11 is 0. The van der Waals surface area contributed by atoms with Crippen LogP contribution in [0.5, 0.6) is 0 Å². The highest BCUT2D eigenvalue weighted by molar-refractivity contribution is 5.52. The maximum Gasteiger partial charge on any atom is 0.0593 e. The van der Waals surface area contributed by atoms with Gasteiger partial charge in [-0.1, -0.05) is 48.9 Å². The van der Waals surface area contributed by atoms with Crippen LogP contribution >= 0.6 is 0 Å². The molecule has 1 aromatic rings. The minimum atomic E-state index is 0.636. The van der Waals surface area contributed by atoms with Gasteiger partial charge < -0.3 is 4.74 Å². The second-order valence-electron chi connectivity index (χ2n) is 5.32. The molecule has 0 spiro atoms. The Bertz CT molecular complexity index is 385. The summed E-state index contributed by atoms with van der Waals surface area (Å²) in [5.74, 6) is 0.636. The standard InChI is InChI=1S/C16H23NO/c1-14(10-16-6-4-3-5-7-16)11-17-8-9-18-13-15(2)12-17/h3-7,10,15H,8-9,11-13H2,1-2H3/b14-10+. The molecule has 98 valence electrons. The van der Waals surface area contributed by atoms with Crippen molar-refractivity contribution in [2.24, 2.45) is 5.92 Å². The molecule has 1 fully saturated rings. The first-order valence-electron chi connectivity index (χ1n) is 6.76. The van der Waals surface area contributed by atoms with E-state index in [1.807, 2.05) is 0 Å². The van der Waals surface area contributed by atoms with Crippen molar-refractivity contribution in [1.29, 1.82) is 0 Å². The number of rotatable bonds is 3. The molecule has 0 bridgehead atoms. The molecule has 0 aromatic heterocycles. The fourth-order valence-corrected chi connectivity index (χ4v) is 2.44. The first kappa shape index (κ1) is 13.3. The zero-order valence-electron chi connectivity index (χ0n) is 11.4. The molecule has 0 saturated carbocycles. The quantitative estimate of drug-likeness (QED) is 0.811. The van der Waals surface area contributed by atoms with Crippen LogP contribution in [0.1, 0.15) is 19.4 Å². The summed E-state index contributed by atoms with van der Waals surface area (Å²) in [4.78, 5) is 2.49. The van der Waals surface area contributed by atoms with E-state index in [0.29, 0.717) is 5.92 Å². The van der Waals surface area contributed by atoms with Crippen molar-refractivity contribution in [3.63, 3.8) is 0 Å². The summed E-state index contributed by atoms with van der Waals surface area (Å²) in [6.07, 6.45) is 2.27. The predicted octanol–water partition coefficient (Wildman–Crippen LogP) is 3.06. The predicted molar refractivity (Wildman–Crippen MR) is 76.5 cm³/mol. The van der Waals surface area contributed by atoms with E-state index in [1.54, 1.807) is 0 Å². The van der Waals surface area contributed by atoms with E-state index in [-0.39, 0.29) is 0 Å². The van der Waals surface area contributed by atoms with Gasteiger partial charge >= 0.3 is 0 Å². The molecule has 1 unspecified atom stereocenters. The van der Waals surface area contributed by atoms with Crippen LogP contribution in [-0.2, 0) is 4.74 Å². The van der Waals surface area contributed by atoms with Crippen molar-refractivity contribution in [3.05, 3.63) is 41.5 Å². The fourth-order valence-electron chi connectivity index (χ4n) is 2.44. The number of hydrogen-bond donors (Lipinski definition) is 0. The molecule has 1 atom stereocenters. The normalized spacial score (nSPS) is 22.8. The number of ether oxygens (including phenoxy) is 1. The van der Waals surface area contributed by atoms with E-state index in [0.717, 1.165) is 32.8 Å². The SMILES string of the molecule is C/C(=C\c1ccccc1)CN1CCOCC(C)C1. The van der Waals surface area contributed by atoms with E-state index in [2.05, 4.69) is 55.2 Å². The number of hydrogen-bond acceptors (Lipinski definition) is 2. The molecule has 0 aliphatic carbocycles. The Balaban J connectivity index is 1.93. The van der Waals surface area contributed by atoms with E-state index in [9.17, 15) is 0 Å². The van der Waals surface area contributed by atoms with Gasteiger partial charge in [-0.05, 0) is 18.4 Å². The molecule has 0 N–H and O–H groups in total. The van der Waals surface area contributed by atoms with Gasteiger partial charge in [-0.3, -0.25) is 4.90 Å². The second kappa shape index (κ2) is 6.72. The summed E-state index contributed by atoms with van der Waals surface area (Å²) in [5, 5.41) is 0. The molecule has 1 saturated heterocycles. The summed E-state index contributed by atoms with van der Waals surface area (Å²) < 4.78 is 5.58. The van der Waals surface area contributed by atoms with Gasteiger partial charge in [0.2, 0.25) is 0 Å². The summed E-state index contributed by atoms with van der Waals surface area (Å²) in [6, 6.07) is 10.5. The van der Waals surface area contributed by atoms with Crippen molar-refractivity contribution in [2.75, 3.05) is 32.8 Å². The third-order valence-corrected chi connectivity index (χ3v) is 3.21. The first-order chi connectivity index (χ1) is 8.74. The zero-order chi connectivity index (χ0) is 12.8. The maximum atomic E-state index is 5.58. The van der Waals surface area contributed by atoms with E-state index in [1.165, 1.54) is 11.1 Å². The van der Waals surface area contributed by atoms with E-state index in [4.69, 9.17) is 4.74 Å². The average Bonchev–Trinajstić information content (AvgIpc) is 2.54. The van der Waals surface area contributed by atoms with Crippen molar-refractivity contribution in [1.82, 2.24) is 4.90 Å². The average molecular weight is 245 g/mol. The van der Waals surface area contributed by atoms with Gasteiger partial charge in [-0.2, -0.15) is 0 Å². The lowest BCUT2D eigenvalue weighted by atomic mass is 10.1. The Kier molecular flexibility index (Phi) is 4.97. The van der Waals surface area contributed by atoms with Crippen LogP contribution in [0.25, 0.3) is 6.08 Å². The third-order valence-electron chi connectivity index (χ3n) is 3.21. The number of benzene rings is 1. The monoisotopic (exact) mass is 245 g/mol. The van der Waals surface area contributed by atoms with E-state index < -0.39 is 0 Å². The van der Waals surface area contributed by atoms with Crippen molar-refractivity contribution in [3.8, 4) is 0 Å². The van der Waals surface area contributed by atoms with Gasteiger partial charge in [0.1, 0.15) is 0 Å². The van der Waals surface area contributed by atoms with Gasteiger partial charge in [0.15, 0.2) is 0 Å². The number of nitrogens with zero attached hydrogens (tertiary/aromatic N) is 1. The molecule has 2 nitrogen and oxygen atoms in total. The minimum Gasteiger partial charge on any atom is -0.380 e. The fraction of sp³-hybridized carbons (Fsp3) is 0.500. The highest BCUT2D eigenvalue weighted by Crippen LogP contribution is 2.11. The summed E-state index contributed by atoms with van der Waals surface area (Å²) in [6.45, 7) is 9.46. The lowest BCUT2D eigenvalue weighted by molar-refractivity contribution is 0.126. The topological polar surface area (TPSA) is 12.5 Å². The van der Waals surface area contributed by atoms with Gasteiger partial charge in [-0.15, -0.1) is 0 Å². The van der Waals surface area contributed by atoms with Crippen LogP contribution in [0.15, 0.2) is 35.9 Å². The molecule has 1 aliphatic heterocycles. The van der Waals surface area contributed by atoms with Crippen LogP contribution in [0.3, 0.4) is 0 Å². The van der Waals surface area contributed by atoms with Gasteiger partial charge in [0.05, 0.1) is 13.2 Å². The Hall–Kier alpha value is -1.12. The molecular weight excluding hydrogens is 222 g/mol. The summed E-state index contributed by atoms with van der Waals surface area (Å²) in [7, 11) is 0. The van der Waals surface area contributed by atoms with Crippen molar-refractivity contribution >= 4 is 6.08 Å². The Morgan fingerprint density at radius 3 is 2.94 bits per heavy atom. The molecule has 18 heavy (non-hydrogen) atoms. The van der Waals surface area contributed by atoms with Crippen molar-refractivity contribution < 1.29 is 4.74 Å². The van der Waals surface area contributed by atoms with Crippen LogP contribution in [0.2, 0.25) is 0 Å². The van der Waals surface area contributed by atoms with Gasteiger partial charge in [-0.25, -0.2) is 0 Å².